The molecule has 2 aromatic rings. The minimum Gasteiger partial charge on any atom is -0.333 e. The molecular weight excluding hydrogens is 232 g/mol. The van der Waals surface area contributed by atoms with Crippen LogP contribution in [0.2, 0.25) is 0 Å². The molecule has 0 fully saturated rings. The van der Waals surface area contributed by atoms with Crippen LogP contribution < -0.4 is 5.32 Å². The monoisotopic (exact) mass is 250 g/mol. The summed E-state index contributed by atoms with van der Waals surface area (Å²) < 4.78 is 2.19. The molecule has 0 amide bonds. The van der Waals surface area contributed by atoms with Crippen LogP contribution in [0.25, 0.3) is 0 Å². The fraction of sp³-hybridized carbons (Fsp3) is 0.500. The van der Waals surface area contributed by atoms with Crippen molar-refractivity contribution in [1.29, 1.82) is 0 Å². The van der Waals surface area contributed by atoms with Gasteiger partial charge in [-0.05, 0) is 0 Å². The minimum atomic E-state index is 0.498. The van der Waals surface area contributed by atoms with Gasteiger partial charge in [0.15, 0.2) is 0 Å². The molecule has 0 aliphatic carbocycles. The third kappa shape index (κ3) is 3.64. The van der Waals surface area contributed by atoms with Gasteiger partial charge >= 0.3 is 0 Å². The quantitative estimate of drug-likeness (QED) is 0.853. The van der Waals surface area contributed by atoms with Gasteiger partial charge < -0.3 is 9.88 Å². The van der Waals surface area contributed by atoms with Crippen LogP contribution in [0, 0.1) is 0 Å². The molecule has 0 aromatic carbocycles. The number of aryl methyl sites for hydroxylation is 2. The van der Waals surface area contributed by atoms with Gasteiger partial charge in [-0.15, -0.1) is 11.3 Å². The van der Waals surface area contributed by atoms with Crippen molar-refractivity contribution in [2.75, 3.05) is 0 Å². The first-order valence-corrected chi connectivity index (χ1v) is 6.74. The lowest BCUT2D eigenvalue weighted by Gasteiger charge is -2.10. The third-order valence-electron chi connectivity index (χ3n) is 2.54. The highest BCUT2D eigenvalue weighted by atomic mass is 32.1. The molecule has 4 nitrogen and oxygen atoms in total. The summed E-state index contributed by atoms with van der Waals surface area (Å²) in [4.78, 5) is 8.49. The molecular formula is C12H18N4S. The average molecular weight is 250 g/mol. The zero-order valence-corrected chi connectivity index (χ0v) is 11.1. The van der Waals surface area contributed by atoms with Crippen LogP contribution in [-0.2, 0) is 19.5 Å². The van der Waals surface area contributed by atoms with E-state index in [1.54, 1.807) is 11.3 Å². The van der Waals surface area contributed by atoms with Gasteiger partial charge in [-0.3, -0.25) is 0 Å². The predicted octanol–water partition coefficient (Wildman–Crippen LogP) is 2.08. The number of nitrogens with one attached hydrogen (secondary N) is 1. The van der Waals surface area contributed by atoms with Crippen molar-refractivity contribution in [3.63, 3.8) is 0 Å². The Morgan fingerprint density at radius 3 is 3.06 bits per heavy atom. The highest BCUT2D eigenvalue weighted by molar-refractivity contribution is 7.09. The second-order valence-corrected chi connectivity index (χ2v) is 5.27. The summed E-state index contributed by atoms with van der Waals surface area (Å²) in [5.74, 6) is 0. The fourth-order valence-corrected chi connectivity index (χ4v) is 2.21. The van der Waals surface area contributed by atoms with Gasteiger partial charge in [-0.2, -0.15) is 0 Å². The second kappa shape index (κ2) is 5.93. The number of nitrogens with zero attached hydrogens (tertiary/aromatic N) is 3. The van der Waals surface area contributed by atoms with E-state index < -0.39 is 0 Å². The lowest BCUT2D eigenvalue weighted by Crippen LogP contribution is -2.23. The maximum absolute atomic E-state index is 4.29. The van der Waals surface area contributed by atoms with Crippen molar-refractivity contribution in [2.45, 2.75) is 39.4 Å². The first kappa shape index (κ1) is 12.3. The molecule has 0 spiro atoms. The molecule has 5 heteroatoms. The average Bonchev–Trinajstić information content (AvgIpc) is 2.95. The Hall–Kier alpha value is -1.20. The Balaban J connectivity index is 1.90. The summed E-state index contributed by atoms with van der Waals surface area (Å²) in [6.07, 6.45) is 6.65. The standard InChI is InChI=1S/C12H18N4S/c1-10(2)15-8-11-7-13-9-16(11)5-3-12-14-4-6-17-12/h4,6-7,9-10,15H,3,5,8H2,1-2H3. The van der Waals surface area contributed by atoms with Crippen molar-refractivity contribution in [2.24, 2.45) is 0 Å². The molecule has 0 radical (unpaired) electrons. The summed E-state index contributed by atoms with van der Waals surface area (Å²) in [7, 11) is 0. The summed E-state index contributed by atoms with van der Waals surface area (Å²) in [6.45, 7) is 6.12. The van der Waals surface area contributed by atoms with Crippen molar-refractivity contribution in [3.8, 4) is 0 Å². The Kier molecular flexibility index (Phi) is 4.28. The number of imidazole rings is 1. The second-order valence-electron chi connectivity index (χ2n) is 4.29. The summed E-state index contributed by atoms with van der Waals surface area (Å²) in [5, 5.41) is 6.61. The van der Waals surface area contributed by atoms with Crippen molar-refractivity contribution < 1.29 is 0 Å². The van der Waals surface area contributed by atoms with E-state index in [-0.39, 0.29) is 0 Å². The zero-order chi connectivity index (χ0) is 12.1. The maximum Gasteiger partial charge on any atom is 0.0948 e. The van der Waals surface area contributed by atoms with Gasteiger partial charge in [0.2, 0.25) is 0 Å². The summed E-state index contributed by atoms with van der Waals surface area (Å²) in [6, 6.07) is 0.498. The lowest BCUT2D eigenvalue weighted by atomic mass is 10.3. The Morgan fingerprint density at radius 2 is 2.35 bits per heavy atom. The van der Waals surface area contributed by atoms with Gasteiger partial charge in [0.1, 0.15) is 0 Å². The van der Waals surface area contributed by atoms with E-state index in [4.69, 9.17) is 0 Å². The molecule has 0 saturated heterocycles. The highest BCUT2D eigenvalue weighted by Gasteiger charge is 2.03. The van der Waals surface area contributed by atoms with E-state index in [9.17, 15) is 0 Å². The molecule has 0 aliphatic rings. The van der Waals surface area contributed by atoms with Crippen molar-refractivity contribution in [3.05, 3.63) is 34.8 Å². The van der Waals surface area contributed by atoms with E-state index in [2.05, 4.69) is 33.7 Å². The van der Waals surface area contributed by atoms with Crippen LogP contribution >= 0.6 is 11.3 Å². The van der Waals surface area contributed by atoms with E-state index in [0.29, 0.717) is 6.04 Å². The normalized spacial score (nSPS) is 11.2. The van der Waals surface area contributed by atoms with Gasteiger partial charge in [0.05, 0.1) is 17.0 Å². The van der Waals surface area contributed by atoms with Gasteiger partial charge in [0.25, 0.3) is 0 Å². The van der Waals surface area contributed by atoms with Crippen LogP contribution in [-0.4, -0.2) is 20.6 Å². The molecule has 2 heterocycles. The number of hydrogen-bond donors (Lipinski definition) is 1. The van der Waals surface area contributed by atoms with Crippen LogP contribution in [0.4, 0.5) is 0 Å². The zero-order valence-electron chi connectivity index (χ0n) is 10.3. The van der Waals surface area contributed by atoms with Crippen LogP contribution in [0.5, 0.6) is 0 Å². The van der Waals surface area contributed by atoms with E-state index in [1.807, 2.05) is 24.1 Å². The lowest BCUT2D eigenvalue weighted by molar-refractivity contribution is 0.554. The topological polar surface area (TPSA) is 42.7 Å². The van der Waals surface area contributed by atoms with E-state index >= 15 is 0 Å². The van der Waals surface area contributed by atoms with Crippen molar-refractivity contribution >= 4 is 11.3 Å². The highest BCUT2D eigenvalue weighted by Crippen LogP contribution is 2.07. The first-order valence-electron chi connectivity index (χ1n) is 5.86. The molecule has 2 aromatic heterocycles. The van der Waals surface area contributed by atoms with Crippen molar-refractivity contribution in [1.82, 2.24) is 19.9 Å². The van der Waals surface area contributed by atoms with Gasteiger partial charge in [0, 0.05) is 43.3 Å². The Morgan fingerprint density at radius 1 is 1.47 bits per heavy atom. The van der Waals surface area contributed by atoms with E-state index in [0.717, 1.165) is 19.5 Å². The molecule has 0 atom stereocenters. The predicted molar refractivity (Wildman–Crippen MR) is 70.0 cm³/mol. The smallest absolute Gasteiger partial charge is 0.0948 e. The molecule has 0 aliphatic heterocycles. The molecule has 92 valence electrons. The maximum atomic E-state index is 4.29. The summed E-state index contributed by atoms with van der Waals surface area (Å²) in [5.41, 5.74) is 1.23. The Bertz CT molecular complexity index is 433. The van der Waals surface area contributed by atoms with Gasteiger partial charge in [-0.25, -0.2) is 9.97 Å². The summed E-state index contributed by atoms with van der Waals surface area (Å²) >= 11 is 1.71. The molecule has 0 saturated carbocycles. The molecule has 1 N–H and O–H groups in total. The SMILES string of the molecule is CC(C)NCc1cncn1CCc1nccs1. The number of aromatic nitrogens is 3. The fourth-order valence-electron chi connectivity index (χ4n) is 1.60. The molecule has 0 bridgehead atoms. The first-order chi connectivity index (χ1) is 8.25. The molecule has 17 heavy (non-hydrogen) atoms. The van der Waals surface area contributed by atoms with Gasteiger partial charge in [-0.1, -0.05) is 13.8 Å². The number of rotatable bonds is 6. The number of thiazole rings is 1. The van der Waals surface area contributed by atoms with Crippen LogP contribution in [0.1, 0.15) is 24.5 Å². The third-order valence-corrected chi connectivity index (χ3v) is 3.38. The molecule has 0 unspecified atom stereocenters. The largest absolute Gasteiger partial charge is 0.333 e. The molecule has 2 rings (SSSR count). The van der Waals surface area contributed by atoms with E-state index in [1.165, 1.54) is 10.7 Å². The Labute approximate surface area is 106 Å². The number of hydrogen-bond acceptors (Lipinski definition) is 4. The van der Waals surface area contributed by atoms with Crippen LogP contribution in [0.15, 0.2) is 24.1 Å². The van der Waals surface area contributed by atoms with Crippen LogP contribution in [0.3, 0.4) is 0 Å². The minimum absolute atomic E-state index is 0.498.